The van der Waals surface area contributed by atoms with Crippen molar-refractivity contribution < 1.29 is 37.9 Å². The molecule has 0 saturated carbocycles. The van der Waals surface area contributed by atoms with Gasteiger partial charge in [0.2, 0.25) is 23.7 Å². The fourth-order valence-electron chi connectivity index (χ4n) is 7.36. The molecule has 18 heteroatoms. The Kier molecular flexibility index (Phi) is 11.4. The summed E-state index contributed by atoms with van der Waals surface area (Å²) in [6.07, 6.45) is 5.48. The average Bonchev–Trinajstić information content (AvgIpc) is 4.01. The highest BCUT2D eigenvalue weighted by Crippen LogP contribution is 2.32. The van der Waals surface area contributed by atoms with Crippen molar-refractivity contribution >= 4 is 52.5 Å². The second-order valence-electron chi connectivity index (χ2n) is 13.9. The Hall–Kier alpha value is -6.66. The van der Waals surface area contributed by atoms with Crippen molar-refractivity contribution in [1.29, 1.82) is 0 Å². The summed E-state index contributed by atoms with van der Waals surface area (Å²) in [5.41, 5.74) is 4.46. The number of fused-ring (bicyclic) bond motifs is 2. The number of amides is 5. The number of piperidine rings is 1. The molecule has 3 aromatic heterocycles. The quantitative estimate of drug-likeness (QED) is 0.0971. The fraction of sp³-hybridized carbons (Fsp3) is 0.350. The Morgan fingerprint density at radius 2 is 1.69 bits per heavy atom. The Morgan fingerprint density at radius 1 is 0.879 bits per heavy atom. The van der Waals surface area contributed by atoms with E-state index in [1.54, 1.807) is 37.0 Å². The normalized spacial score (nSPS) is 16.9. The average molecular weight is 791 g/mol. The van der Waals surface area contributed by atoms with Crippen LogP contribution < -0.4 is 20.9 Å². The molecule has 8 rings (SSSR count). The van der Waals surface area contributed by atoms with Gasteiger partial charge in [-0.15, -0.1) is 10.2 Å². The standard InChI is InChI=1S/C40H42N10O8/c51-33-11-10-32(37(53)45-33)50-38(54)29-4-1-5-31(35(29)39(50)55)41-13-20-57-22-21-56-19-12-34(52)48-16-14-47(15-17-48)27-8-6-26(7-9-27)30-24-43-40(49-25-44-46-36(30)49)42-23-28-3-2-18-58-28/h1-9,18,24-25,32,41H,10-17,19-23H2,(H,42,43)(H,45,51,53). The van der Waals surface area contributed by atoms with Gasteiger partial charge in [0.05, 0.1) is 56.8 Å². The first kappa shape index (κ1) is 38.2. The number of aromatic nitrogens is 4. The van der Waals surface area contributed by atoms with Crippen molar-refractivity contribution in [2.75, 3.05) is 74.7 Å². The highest BCUT2D eigenvalue weighted by molar-refractivity contribution is 6.25. The molecule has 6 heterocycles. The van der Waals surface area contributed by atoms with Gasteiger partial charge in [-0.25, -0.2) is 4.98 Å². The highest BCUT2D eigenvalue weighted by Gasteiger charge is 2.45. The van der Waals surface area contributed by atoms with Crippen LogP contribution in [0.3, 0.4) is 0 Å². The van der Waals surface area contributed by atoms with Gasteiger partial charge in [0, 0.05) is 62.3 Å². The van der Waals surface area contributed by atoms with Crippen LogP contribution in [0, 0.1) is 0 Å². The van der Waals surface area contributed by atoms with Crippen molar-refractivity contribution in [1.82, 2.24) is 34.7 Å². The number of furan rings is 1. The number of nitrogens with zero attached hydrogens (tertiary/aromatic N) is 7. The highest BCUT2D eigenvalue weighted by atomic mass is 16.5. The number of anilines is 3. The molecule has 5 aromatic rings. The number of nitrogens with one attached hydrogen (secondary N) is 3. The number of ether oxygens (including phenoxy) is 2. The zero-order valence-electron chi connectivity index (χ0n) is 31.6. The van der Waals surface area contributed by atoms with E-state index in [1.807, 2.05) is 33.6 Å². The van der Waals surface area contributed by atoms with E-state index >= 15 is 0 Å². The van der Waals surface area contributed by atoms with Gasteiger partial charge >= 0.3 is 0 Å². The molecule has 0 bridgehead atoms. The summed E-state index contributed by atoms with van der Waals surface area (Å²) in [5, 5.41) is 17.0. The number of carbonyl (C=O) groups excluding carboxylic acids is 5. The molecule has 0 radical (unpaired) electrons. The Labute approximate surface area is 332 Å². The number of hydrogen-bond donors (Lipinski definition) is 3. The van der Waals surface area contributed by atoms with Crippen molar-refractivity contribution in [2.45, 2.75) is 31.8 Å². The molecule has 2 aromatic carbocycles. The SMILES string of the molecule is O=C1CCC(N2C(=O)c3cccc(NCCOCCOCCC(=O)N4CCN(c5ccc(-c6cnc(NCc7ccco7)n7cnnc67)cc5)CC4)c3C2=O)C(=O)N1. The molecule has 0 aliphatic carbocycles. The first-order chi connectivity index (χ1) is 28.4. The minimum Gasteiger partial charge on any atom is -0.467 e. The van der Waals surface area contributed by atoms with Gasteiger partial charge in [-0.05, 0) is 48.4 Å². The number of carbonyl (C=O) groups is 5. The molecule has 3 N–H and O–H groups in total. The van der Waals surface area contributed by atoms with E-state index in [-0.39, 0.29) is 42.9 Å². The Morgan fingerprint density at radius 3 is 2.47 bits per heavy atom. The van der Waals surface area contributed by atoms with Crippen LogP contribution in [0.25, 0.3) is 16.8 Å². The van der Waals surface area contributed by atoms with Gasteiger partial charge in [0.15, 0.2) is 5.65 Å². The van der Waals surface area contributed by atoms with Crippen LogP contribution in [0.1, 0.15) is 45.7 Å². The Bertz CT molecular complexity index is 2300. The van der Waals surface area contributed by atoms with E-state index in [2.05, 4.69) is 48.2 Å². The maximum atomic E-state index is 13.2. The van der Waals surface area contributed by atoms with Gasteiger partial charge in [0.1, 0.15) is 18.1 Å². The van der Waals surface area contributed by atoms with E-state index in [1.165, 1.54) is 0 Å². The second-order valence-corrected chi connectivity index (χ2v) is 13.9. The molecule has 1 unspecified atom stereocenters. The summed E-state index contributed by atoms with van der Waals surface area (Å²) in [5.74, 6) is -0.747. The van der Waals surface area contributed by atoms with Crippen LogP contribution in [-0.4, -0.2) is 124 Å². The van der Waals surface area contributed by atoms with Crippen molar-refractivity contribution in [2.24, 2.45) is 0 Å². The monoisotopic (exact) mass is 790 g/mol. The summed E-state index contributed by atoms with van der Waals surface area (Å²) in [6, 6.07) is 15.9. The van der Waals surface area contributed by atoms with E-state index in [0.29, 0.717) is 76.4 Å². The Balaban J connectivity index is 0.718. The summed E-state index contributed by atoms with van der Waals surface area (Å²) in [7, 11) is 0. The molecule has 3 aliphatic rings. The summed E-state index contributed by atoms with van der Waals surface area (Å²) in [6.45, 7) is 4.73. The van der Waals surface area contributed by atoms with E-state index < -0.39 is 29.7 Å². The minimum atomic E-state index is -1.03. The molecule has 18 nitrogen and oxygen atoms in total. The number of benzene rings is 2. The minimum absolute atomic E-state index is 0.0478. The van der Waals surface area contributed by atoms with Gasteiger partial charge < -0.3 is 34.3 Å². The lowest BCUT2D eigenvalue weighted by Gasteiger charge is -2.36. The maximum absolute atomic E-state index is 13.2. The smallest absolute Gasteiger partial charge is 0.264 e. The predicted molar refractivity (Wildman–Crippen MR) is 209 cm³/mol. The zero-order chi connectivity index (χ0) is 40.0. The molecular formula is C40H42N10O8. The van der Waals surface area contributed by atoms with Gasteiger partial charge in [0.25, 0.3) is 11.8 Å². The van der Waals surface area contributed by atoms with Crippen LogP contribution in [0.15, 0.2) is 77.8 Å². The third-order valence-electron chi connectivity index (χ3n) is 10.4. The lowest BCUT2D eigenvalue weighted by atomic mass is 10.0. The van der Waals surface area contributed by atoms with Gasteiger partial charge in [-0.1, -0.05) is 18.2 Å². The summed E-state index contributed by atoms with van der Waals surface area (Å²) in [4.78, 5) is 72.8. The third kappa shape index (κ3) is 8.10. The van der Waals surface area contributed by atoms with Crippen LogP contribution in [-0.2, 0) is 30.4 Å². The van der Waals surface area contributed by atoms with Crippen LogP contribution in [0.2, 0.25) is 0 Å². The molecule has 2 fully saturated rings. The number of piperazine rings is 1. The molecule has 5 amide bonds. The maximum Gasteiger partial charge on any atom is 0.264 e. The van der Waals surface area contributed by atoms with E-state index in [4.69, 9.17) is 13.9 Å². The fourth-order valence-corrected chi connectivity index (χ4v) is 7.36. The summed E-state index contributed by atoms with van der Waals surface area (Å²) >= 11 is 0. The summed E-state index contributed by atoms with van der Waals surface area (Å²) < 4.78 is 18.5. The predicted octanol–water partition coefficient (Wildman–Crippen LogP) is 2.58. The lowest BCUT2D eigenvalue weighted by molar-refractivity contribution is -0.136. The molecule has 1 atom stereocenters. The number of rotatable bonds is 16. The first-order valence-electron chi connectivity index (χ1n) is 19.2. The van der Waals surface area contributed by atoms with Crippen molar-refractivity contribution in [3.63, 3.8) is 0 Å². The van der Waals surface area contributed by atoms with Crippen LogP contribution in [0.5, 0.6) is 0 Å². The molecule has 300 valence electrons. The van der Waals surface area contributed by atoms with E-state index in [0.717, 1.165) is 27.5 Å². The number of hydrogen-bond acceptors (Lipinski definition) is 14. The first-order valence-corrected chi connectivity index (χ1v) is 19.2. The molecular weight excluding hydrogens is 749 g/mol. The second kappa shape index (κ2) is 17.2. The largest absolute Gasteiger partial charge is 0.467 e. The van der Waals surface area contributed by atoms with E-state index in [9.17, 15) is 24.0 Å². The lowest BCUT2D eigenvalue weighted by Crippen LogP contribution is -2.54. The van der Waals surface area contributed by atoms with Crippen LogP contribution in [0.4, 0.5) is 17.3 Å². The van der Waals surface area contributed by atoms with Gasteiger partial charge in [-0.3, -0.25) is 38.6 Å². The molecule has 3 aliphatic heterocycles. The molecule has 58 heavy (non-hydrogen) atoms. The number of imide groups is 2. The topological polar surface area (TPSA) is 206 Å². The zero-order valence-corrected chi connectivity index (χ0v) is 31.6. The van der Waals surface area contributed by atoms with Crippen LogP contribution >= 0.6 is 0 Å². The van der Waals surface area contributed by atoms with Crippen molar-refractivity contribution in [3.05, 3.63) is 90.3 Å². The van der Waals surface area contributed by atoms with Gasteiger partial charge in [-0.2, -0.15) is 0 Å². The molecule has 0 spiro atoms. The molecule has 2 saturated heterocycles. The third-order valence-corrected chi connectivity index (χ3v) is 10.4. The van der Waals surface area contributed by atoms with Crippen molar-refractivity contribution in [3.8, 4) is 11.1 Å².